The van der Waals surface area contributed by atoms with Crippen molar-refractivity contribution in [2.24, 2.45) is 0 Å². The number of hydrogen-bond donors (Lipinski definition) is 0. The fraction of sp³-hybridized carbons (Fsp3) is 0.0769. The molecule has 3 aromatic rings. The molecule has 4 nitrogen and oxygen atoms in total. The molecule has 4 heteroatoms. The number of aromatic nitrogens is 4. The normalized spacial score (nSPS) is 10.6. The van der Waals surface area contributed by atoms with Gasteiger partial charge in [0.1, 0.15) is 0 Å². The zero-order valence-corrected chi connectivity index (χ0v) is 9.27. The first-order valence-corrected chi connectivity index (χ1v) is 5.45. The van der Waals surface area contributed by atoms with E-state index in [0.29, 0.717) is 0 Å². The zero-order valence-electron chi connectivity index (χ0n) is 9.27. The van der Waals surface area contributed by atoms with Crippen molar-refractivity contribution < 1.29 is 0 Å². The van der Waals surface area contributed by atoms with E-state index >= 15 is 0 Å². The summed E-state index contributed by atoms with van der Waals surface area (Å²) in [5.41, 5.74) is 2.39. The van der Waals surface area contributed by atoms with Crippen molar-refractivity contribution in [1.29, 1.82) is 0 Å². The molecule has 0 fully saturated rings. The van der Waals surface area contributed by atoms with Crippen LogP contribution in [0.25, 0.3) is 5.69 Å². The lowest BCUT2D eigenvalue weighted by molar-refractivity contribution is 0.788. The molecule has 2 aromatic heterocycles. The van der Waals surface area contributed by atoms with Gasteiger partial charge in [0.25, 0.3) is 0 Å². The van der Waals surface area contributed by atoms with E-state index in [9.17, 15) is 0 Å². The molecule has 0 spiro atoms. The molecular weight excluding hydrogens is 212 g/mol. The van der Waals surface area contributed by atoms with Crippen LogP contribution in [-0.4, -0.2) is 19.1 Å². The second kappa shape index (κ2) is 4.25. The van der Waals surface area contributed by atoms with Crippen LogP contribution in [0.3, 0.4) is 0 Å². The Morgan fingerprint density at radius 2 is 1.76 bits per heavy atom. The van der Waals surface area contributed by atoms with Crippen molar-refractivity contribution in [1.82, 2.24) is 19.1 Å². The Morgan fingerprint density at radius 3 is 2.53 bits per heavy atom. The molecule has 0 saturated carbocycles. The van der Waals surface area contributed by atoms with Crippen LogP contribution in [0.5, 0.6) is 0 Å². The third-order valence-corrected chi connectivity index (χ3v) is 2.69. The molecule has 0 radical (unpaired) electrons. The summed E-state index contributed by atoms with van der Waals surface area (Å²) in [5, 5.41) is 0. The number of hydrogen-bond acceptors (Lipinski definition) is 2. The second-order valence-electron chi connectivity index (χ2n) is 3.83. The van der Waals surface area contributed by atoms with Crippen LogP contribution < -0.4 is 0 Å². The van der Waals surface area contributed by atoms with Gasteiger partial charge in [-0.15, -0.1) is 0 Å². The molecule has 2 heterocycles. The van der Waals surface area contributed by atoms with Crippen molar-refractivity contribution in [2.75, 3.05) is 0 Å². The second-order valence-corrected chi connectivity index (χ2v) is 3.83. The molecule has 0 saturated heterocycles. The van der Waals surface area contributed by atoms with Crippen LogP contribution >= 0.6 is 0 Å². The Bertz CT molecular complexity index is 582. The number of benzene rings is 1. The molecule has 0 atom stereocenters. The molecule has 0 bridgehead atoms. The fourth-order valence-electron chi connectivity index (χ4n) is 1.87. The Hall–Kier alpha value is -2.36. The molecule has 17 heavy (non-hydrogen) atoms. The SMILES string of the molecule is c1ccc(-n2ccnc2)c(Cn2ccnc2)c1. The highest BCUT2D eigenvalue weighted by Crippen LogP contribution is 2.15. The van der Waals surface area contributed by atoms with Crippen LogP contribution in [0.4, 0.5) is 0 Å². The van der Waals surface area contributed by atoms with Gasteiger partial charge in [0.15, 0.2) is 0 Å². The van der Waals surface area contributed by atoms with Crippen molar-refractivity contribution in [3.63, 3.8) is 0 Å². The van der Waals surface area contributed by atoms with Gasteiger partial charge in [-0.25, -0.2) is 9.97 Å². The maximum absolute atomic E-state index is 4.08. The molecule has 3 rings (SSSR count). The third kappa shape index (κ3) is 1.97. The van der Waals surface area contributed by atoms with Gasteiger partial charge < -0.3 is 9.13 Å². The van der Waals surface area contributed by atoms with Crippen LogP contribution in [0.1, 0.15) is 5.56 Å². The lowest BCUT2D eigenvalue weighted by Crippen LogP contribution is -2.02. The van der Waals surface area contributed by atoms with Gasteiger partial charge in [-0.05, 0) is 11.6 Å². The van der Waals surface area contributed by atoms with Gasteiger partial charge >= 0.3 is 0 Å². The summed E-state index contributed by atoms with van der Waals surface area (Å²) in [7, 11) is 0. The molecule has 84 valence electrons. The Balaban J connectivity index is 1.99. The monoisotopic (exact) mass is 224 g/mol. The molecule has 0 amide bonds. The smallest absolute Gasteiger partial charge is 0.0991 e. The highest BCUT2D eigenvalue weighted by molar-refractivity contribution is 5.41. The van der Waals surface area contributed by atoms with Gasteiger partial charge in [0.2, 0.25) is 0 Å². The highest BCUT2D eigenvalue weighted by Gasteiger charge is 2.03. The van der Waals surface area contributed by atoms with Gasteiger partial charge in [-0.2, -0.15) is 0 Å². The summed E-state index contributed by atoms with van der Waals surface area (Å²) in [6.45, 7) is 0.814. The molecular formula is C13H12N4. The minimum absolute atomic E-state index is 0.814. The summed E-state index contributed by atoms with van der Waals surface area (Å²) < 4.78 is 4.07. The minimum Gasteiger partial charge on any atom is -0.333 e. The number of rotatable bonds is 3. The molecule has 0 N–H and O–H groups in total. The Morgan fingerprint density at radius 1 is 0.941 bits per heavy atom. The van der Waals surface area contributed by atoms with Gasteiger partial charge in [0, 0.05) is 24.8 Å². The summed E-state index contributed by atoms with van der Waals surface area (Å²) in [4.78, 5) is 8.14. The van der Waals surface area contributed by atoms with Gasteiger partial charge in [-0.3, -0.25) is 0 Å². The lowest BCUT2D eigenvalue weighted by atomic mass is 10.1. The third-order valence-electron chi connectivity index (χ3n) is 2.69. The van der Waals surface area contributed by atoms with E-state index in [1.807, 2.05) is 41.7 Å². The molecule has 0 aliphatic heterocycles. The predicted octanol–water partition coefficient (Wildman–Crippen LogP) is 2.12. The molecule has 1 aromatic carbocycles. The van der Waals surface area contributed by atoms with Crippen molar-refractivity contribution in [2.45, 2.75) is 6.54 Å². The summed E-state index contributed by atoms with van der Waals surface area (Å²) >= 11 is 0. The van der Waals surface area contributed by atoms with E-state index in [1.165, 1.54) is 5.56 Å². The van der Waals surface area contributed by atoms with Crippen LogP contribution in [-0.2, 0) is 6.54 Å². The quantitative estimate of drug-likeness (QED) is 0.683. The average molecular weight is 224 g/mol. The molecule has 0 aliphatic carbocycles. The Kier molecular flexibility index (Phi) is 2.46. The highest BCUT2D eigenvalue weighted by atomic mass is 15.0. The predicted molar refractivity (Wildman–Crippen MR) is 64.9 cm³/mol. The Labute approximate surface area is 99.2 Å². The number of nitrogens with zero attached hydrogens (tertiary/aromatic N) is 4. The summed E-state index contributed by atoms with van der Waals surface area (Å²) in [6.07, 6.45) is 11.1. The average Bonchev–Trinajstić information content (AvgIpc) is 3.01. The van der Waals surface area contributed by atoms with Crippen LogP contribution in [0.2, 0.25) is 0 Å². The van der Waals surface area contributed by atoms with Gasteiger partial charge in [-0.1, -0.05) is 18.2 Å². The van der Waals surface area contributed by atoms with E-state index < -0.39 is 0 Å². The lowest BCUT2D eigenvalue weighted by Gasteiger charge is -2.10. The van der Waals surface area contributed by atoms with E-state index in [2.05, 4.69) is 26.7 Å². The van der Waals surface area contributed by atoms with Crippen LogP contribution in [0.15, 0.2) is 61.7 Å². The summed E-state index contributed by atoms with van der Waals surface area (Å²) in [5.74, 6) is 0. The van der Waals surface area contributed by atoms with Crippen molar-refractivity contribution >= 4 is 0 Å². The fourth-order valence-corrected chi connectivity index (χ4v) is 1.87. The van der Waals surface area contributed by atoms with E-state index in [4.69, 9.17) is 0 Å². The first-order valence-electron chi connectivity index (χ1n) is 5.45. The van der Waals surface area contributed by atoms with Crippen LogP contribution in [0, 0.1) is 0 Å². The van der Waals surface area contributed by atoms with Crippen molar-refractivity contribution in [3.05, 3.63) is 67.3 Å². The molecule has 0 unspecified atom stereocenters. The molecule has 0 aliphatic rings. The maximum atomic E-state index is 4.08. The number of imidazole rings is 2. The minimum atomic E-state index is 0.814. The topological polar surface area (TPSA) is 35.6 Å². The largest absolute Gasteiger partial charge is 0.333 e. The first-order chi connectivity index (χ1) is 8.43. The standard InChI is InChI=1S/C13H12N4/c1-2-4-13(17-8-6-15-11-17)12(3-1)9-16-7-5-14-10-16/h1-8,10-11H,9H2. The van der Waals surface area contributed by atoms with E-state index in [0.717, 1.165) is 12.2 Å². The first kappa shape index (κ1) is 9.84. The summed E-state index contributed by atoms with van der Waals surface area (Å²) in [6, 6.07) is 8.29. The number of para-hydroxylation sites is 1. The van der Waals surface area contributed by atoms with E-state index in [1.54, 1.807) is 12.4 Å². The zero-order chi connectivity index (χ0) is 11.5. The van der Waals surface area contributed by atoms with Crippen molar-refractivity contribution in [3.8, 4) is 5.69 Å². The van der Waals surface area contributed by atoms with E-state index in [-0.39, 0.29) is 0 Å². The maximum Gasteiger partial charge on any atom is 0.0991 e. The van der Waals surface area contributed by atoms with Gasteiger partial charge in [0.05, 0.1) is 24.9 Å².